The fourth-order valence-corrected chi connectivity index (χ4v) is 5.90. The summed E-state index contributed by atoms with van der Waals surface area (Å²) in [6.07, 6.45) is 0. The minimum absolute atomic E-state index is 0.0738. The van der Waals surface area contributed by atoms with Crippen molar-refractivity contribution in [1.29, 1.82) is 0 Å². The van der Waals surface area contributed by atoms with Crippen molar-refractivity contribution >= 4 is 35.1 Å². The maximum absolute atomic E-state index is 14.4. The lowest BCUT2D eigenvalue weighted by atomic mass is 10.1. The number of hydrogen-bond acceptors (Lipinski definition) is 4. The summed E-state index contributed by atoms with van der Waals surface area (Å²) in [6.45, 7) is 0.287. The zero-order chi connectivity index (χ0) is 23.9. The molecule has 2 aliphatic heterocycles. The summed E-state index contributed by atoms with van der Waals surface area (Å²) in [5, 5.41) is 2.86. The molecule has 1 fully saturated rings. The number of carbonyl (C=O) groups excluding carboxylic acids is 2. The first-order chi connectivity index (χ1) is 16.4. The van der Waals surface area contributed by atoms with Gasteiger partial charge in [-0.2, -0.15) is 0 Å². The molecule has 0 saturated carbocycles. The lowest BCUT2D eigenvalue weighted by Gasteiger charge is -2.33. The Morgan fingerprint density at radius 3 is 2.74 bits per heavy atom. The van der Waals surface area contributed by atoms with E-state index in [0.29, 0.717) is 35.0 Å². The van der Waals surface area contributed by atoms with E-state index >= 15 is 0 Å². The first kappa shape index (κ1) is 22.2. The highest BCUT2D eigenvalue weighted by Crippen LogP contribution is 2.54. The molecule has 0 aromatic heterocycles. The van der Waals surface area contributed by atoms with Gasteiger partial charge in [0.1, 0.15) is 17.4 Å². The largest absolute Gasteiger partial charge is 0.497 e. The van der Waals surface area contributed by atoms with E-state index < -0.39 is 22.5 Å². The number of anilines is 2. The van der Waals surface area contributed by atoms with Gasteiger partial charge in [-0.1, -0.05) is 30.3 Å². The third-order valence-corrected chi connectivity index (χ3v) is 7.43. The lowest BCUT2D eigenvalue weighted by Crippen LogP contribution is -2.51. The number of ether oxygens (including phenoxy) is 1. The Bertz CT molecular complexity index is 1290. The smallest absolute Gasteiger partial charge is 0.323 e. The molecule has 1 saturated heterocycles. The van der Waals surface area contributed by atoms with Crippen LogP contribution in [0.25, 0.3) is 0 Å². The van der Waals surface area contributed by atoms with Crippen molar-refractivity contribution in [2.45, 2.75) is 11.4 Å². The van der Waals surface area contributed by atoms with Crippen LogP contribution in [0.3, 0.4) is 0 Å². The second-order valence-corrected chi connectivity index (χ2v) is 9.24. The first-order valence-electron chi connectivity index (χ1n) is 10.7. The molecule has 0 unspecified atom stereocenters. The number of methoxy groups -OCH3 is 1. The van der Waals surface area contributed by atoms with Gasteiger partial charge in [0.05, 0.1) is 19.3 Å². The number of halogens is 2. The number of benzene rings is 3. The molecule has 0 aliphatic carbocycles. The molecule has 1 atom stereocenters. The van der Waals surface area contributed by atoms with E-state index in [1.165, 1.54) is 33.7 Å². The number of rotatable bonds is 4. The highest BCUT2D eigenvalue weighted by atomic mass is 32.2. The lowest BCUT2D eigenvalue weighted by molar-refractivity contribution is -0.123. The van der Waals surface area contributed by atoms with Gasteiger partial charge in [0, 0.05) is 41.2 Å². The van der Waals surface area contributed by atoms with Gasteiger partial charge in [-0.15, -0.1) is 11.8 Å². The van der Waals surface area contributed by atoms with Gasteiger partial charge in [0.25, 0.3) is 5.91 Å². The number of urea groups is 1. The van der Waals surface area contributed by atoms with Crippen molar-refractivity contribution < 1.29 is 23.1 Å². The minimum atomic E-state index is -1.27. The zero-order valence-corrected chi connectivity index (χ0v) is 19.1. The third-order valence-electron chi connectivity index (χ3n) is 6.01. The van der Waals surface area contributed by atoms with Crippen molar-refractivity contribution in [2.75, 3.05) is 29.6 Å². The van der Waals surface area contributed by atoms with Crippen molar-refractivity contribution in [3.63, 3.8) is 0 Å². The molecule has 2 aliphatic rings. The standard InChI is InChI=1S/C25H21F2N3O3S/c1-33-19-6-4-5-18(14-19)28-24(32)30-11-12-34-25(30)20-7-2-3-8-22(20)29(23(25)31)15-16-9-10-17(26)13-21(16)27/h2-10,13-14H,11-12,15H2,1H3,(H,28,32)/t25-/m0/s1. The summed E-state index contributed by atoms with van der Waals surface area (Å²) in [7, 11) is 1.54. The summed E-state index contributed by atoms with van der Waals surface area (Å²) in [5.74, 6) is -0.584. The van der Waals surface area contributed by atoms with Gasteiger partial charge < -0.3 is 15.0 Å². The third kappa shape index (κ3) is 3.56. The summed E-state index contributed by atoms with van der Waals surface area (Å²) >= 11 is 1.37. The molecule has 2 heterocycles. The number of para-hydroxylation sites is 1. The quantitative estimate of drug-likeness (QED) is 0.573. The monoisotopic (exact) mass is 481 g/mol. The van der Waals surface area contributed by atoms with Gasteiger partial charge in [-0.05, 0) is 24.3 Å². The van der Waals surface area contributed by atoms with Crippen LogP contribution in [-0.2, 0) is 16.2 Å². The average molecular weight is 482 g/mol. The van der Waals surface area contributed by atoms with Crippen molar-refractivity contribution in [3.05, 3.63) is 89.5 Å². The van der Waals surface area contributed by atoms with Crippen molar-refractivity contribution in [2.24, 2.45) is 0 Å². The number of carbonyl (C=O) groups is 2. The number of nitrogens with zero attached hydrogens (tertiary/aromatic N) is 2. The van der Waals surface area contributed by atoms with Crippen LogP contribution in [0.4, 0.5) is 25.0 Å². The predicted molar refractivity (Wildman–Crippen MR) is 127 cm³/mol. The van der Waals surface area contributed by atoms with E-state index in [9.17, 15) is 18.4 Å². The maximum Gasteiger partial charge on any atom is 0.323 e. The molecule has 1 N–H and O–H groups in total. The summed E-state index contributed by atoms with van der Waals surface area (Å²) < 4.78 is 33.0. The van der Waals surface area contributed by atoms with Crippen LogP contribution >= 0.6 is 11.8 Å². The second-order valence-electron chi connectivity index (χ2n) is 7.95. The molecule has 0 radical (unpaired) electrons. The number of nitrogens with one attached hydrogen (secondary N) is 1. The van der Waals surface area contributed by atoms with Crippen LogP contribution in [0.1, 0.15) is 11.1 Å². The highest BCUT2D eigenvalue weighted by molar-refractivity contribution is 8.01. The fraction of sp³-hybridized carbons (Fsp3) is 0.200. The molecular formula is C25H21F2N3O3S. The maximum atomic E-state index is 14.4. The van der Waals surface area contributed by atoms with Crippen LogP contribution < -0.4 is 15.0 Å². The molecule has 3 aromatic carbocycles. The molecule has 6 nitrogen and oxygen atoms in total. The van der Waals surface area contributed by atoms with Gasteiger partial charge in [-0.3, -0.25) is 9.69 Å². The first-order valence-corrected chi connectivity index (χ1v) is 11.6. The Morgan fingerprint density at radius 2 is 1.94 bits per heavy atom. The molecular weight excluding hydrogens is 460 g/mol. The summed E-state index contributed by atoms with van der Waals surface area (Å²) in [5.41, 5.74) is 2.01. The summed E-state index contributed by atoms with van der Waals surface area (Å²) in [4.78, 5) is 29.0. The molecule has 5 rings (SSSR count). The van der Waals surface area contributed by atoms with Gasteiger partial charge >= 0.3 is 6.03 Å². The highest BCUT2D eigenvalue weighted by Gasteiger charge is 2.59. The molecule has 34 heavy (non-hydrogen) atoms. The van der Waals surface area contributed by atoms with E-state index in [0.717, 1.165) is 6.07 Å². The van der Waals surface area contributed by atoms with Gasteiger partial charge in [-0.25, -0.2) is 13.6 Å². The number of hydrogen-bond donors (Lipinski definition) is 1. The van der Waals surface area contributed by atoms with Gasteiger partial charge in [0.2, 0.25) is 0 Å². The van der Waals surface area contributed by atoms with Crippen LogP contribution in [0.15, 0.2) is 66.7 Å². The Morgan fingerprint density at radius 1 is 1.12 bits per heavy atom. The van der Waals surface area contributed by atoms with Crippen LogP contribution in [0, 0.1) is 11.6 Å². The fourth-order valence-electron chi connectivity index (χ4n) is 4.44. The average Bonchev–Trinajstić information content (AvgIpc) is 3.38. The van der Waals surface area contributed by atoms with E-state index in [4.69, 9.17) is 4.74 Å². The Labute approximate surface area is 199 Å². The topological polar surface area (TPSA) is 61.9 Å². The Balaban J connectivity index is 1.50. The number of thioether (sulfide) groups is 1. The normalized spacial score (nSPS) is 19.0. The van der Waals surface area contributed by atoms with Gasteiger partial charge in [0.15, 0.2) is 4.87 Å². The van der Waals surface area contributed by atoms with Crippen LogP contribution in [-0.4, -0.2) is 36.2 Å². The molecule has 1 spiro atoms. The predicted octanol–water partition coefficient (Wildman–Crippen LogP) is 4.95. The Hall–Kier alpha value is -3.59. The molecule has 9 heteroatoms. The molecule has 3 amide bonds. The number of amides is 3. The van der Waals surface area contributed by atoms with Crippen LogP contribution in [0.2, 0.25) is 0 Å². The van der Waals surface area contributed by atoms with E-state index in [1.807, 2.05) is 12.1 Å². The summed E-state index contributed by atoms with van der Waals surface area (Å²) in [6, 6.07) is 17.0. The second kappa shape index (κ2) is 8.64. The molecule has 174 valence electrons. The molecule has 0 bridgehead atoms. The Kier molecular flexibility index (Phi) is 5.65. The minimum Gasteiger partial charge on any atom is -0.497 e. The van der Waals surface area contributed by atoms with E-state index in [1.54, 1.807) is 43.5 Å². The van der Waals surface area contributed by atoms with Crippen molar-refractivity contribution in [1.82, 2.24) is 4.90 Å². The van der Waals surface area contributed by atoms with Crippen LogP contribution in [0.5, 0.6) is 5.75 Å². The SMILES string of the molecule is COc1cccc(NC(=O)N2CCS[C@@]23C(=O)N(Cc2ccc(F)cc2F)c2ccccc23)c1. The number of fused-ring (bicyclic) bond motifs is 2. The van der Waals surface area contributed by atoms with E-state index in [-0.39, 0.29) is 18.0 Å². The van der Waals surface area contributed by atoms with Crippen molar-refractivity contribution in [3.8, 4) is 5.75 Å². The van der Waals surface area contributed by atoms with E-state index in [2.05, 4.69) is 5.32 Å². The zero-order valence-electron chi connectivity index (χ0n) is 18.3. The molecule has 3 aromatic rings.